The Morgan fingerprint density at radius 3 is 2.66 bits per heavy atom. The zero-order valence-corrected chi connectivity index (χ0v) is 17.4. The number of hydrogen-bond donors (Lipinski definition) is 0. The van der Waals surface area contributed by atoms with Crippen molar-refractivity contribution in [1.29, 1.82) is 0 Å². The van der Waals surface area contributed by atoms with Gasteiger partial charge in [0.1, 0.15) is 11.5 Å². The lowest BCUT2D eigenvalue weighted by Gasteiger charge is -2.39. The first kappa shape index (κ1) is 19.2. The molecule has 150 valence electrons. The molecule has 29 heavy (non-hydrogen) atoms. The van der Waals surface area contributed by atoms with Gasteiger partial charge >= 0.3 is 0 Å². The van der Waals surface area contributed by atoms with E-state index in [1.54, 1.807) is 13.3 Å². The SMILES string of the molecule is COc1cc2c(cc1-c1c(C)noc1C)C(C)(C)CC(=O)N2Cc1ccccn1. The summed E-state index contributed by atoms with van der Waals surface area (Å²) in [4.78, 5) is 19.2. The summed E-state index contributed by atoms with van der Waals surface area (Å²) in [5.41, 5.74) is 5.20. The standard InChI is InChI=1S/C23H25N3O3/c1-14-22(15(2)29-25-14)17-10-18-19(11-20(17)28-5)26(21(27)12-23(18,3)4)13-16-8-6-7-9-24-16/h6-11H,12-13H2,1-5H3. The Balaban J connectivity index is 1.90. The van der Waals surface area contributed by atoms with Crippen LogP contribution in [0.25, 0.3) is 11.1 Å². The van der Waals surface area contributed by atoms with Crippen LogP contribution in [0, 0.1) is 13.8 Å². The fraction of sp³-hybridized carbons (Fsp3) is 0.348. The summed E-state index contributed by atoms with van der Waals surface area (Å²) in [6.07, 6.45) is 2.18. The van der Waals surface area contributed by atoms with Gasteiger partial charge < -0.3 is 14.2 Å². The molecule has 0 spiro atoms. The number of anilines is 1. The van der Waals surface area contributed by atoms with Gasteiger partial charge in [0.25, 0.3) is 0 Å². The molecule has 1 amide bonds. The number of fused-ring (bicyclic) bond motifs is 1. The zero-order chi connectivity index (χ0) is 20.8. The van der Waals surface area contributed by atoms with Gasteiger partial charge in [-0.2, -0.15) is 0 Å². The number of benzene rings is 1. The minimum atomic E-state index is -0.299. The number of hydrogen-bond acceptors (Lipinski definition) is 5. The van der Waals surface area contributed by atoms with Crippen molar-refractivity contribution in [3.05, 3.63) is 59.2 Å². The number of nitrogens with zero attached hydrogens (tertiary/aromatic N) is 3. The molecule has 0 saturated carbocycles. The van der Waals surface area contributed by atoms with Crippen LogP contribution >= 0.6 is 0 Å². The van der Waals surface area contributed by atoms with Gasteiger partial charge in [-0.1, -0.05) is 25.1 Å². The van der Waals surface area contributed by atoms with Crippen molar-refractivity contribution in [3.63, 3.8) is 0 Å². The van der Waals surface area contributed by atoms with Gasteiger partial charge in [0.05, 0.1) is 36.3 Å². The van der Waals surface area contributed by atoms with Crippen molar-refractivity contribution in [2.45, 2.75) is 46.1 Å². The van der Waals surface area contributed by atoms with E-state index in [1.807, 2.05) is 43.0 Å². The Hall–Kier alpha value is -3.15. The predicted octanol–water partition coefficient (Wildman–Crippen LogP) is 4.58. The molecule has 6 heteroatoms. The lowest BCUT2D eigenvalue weighted by Crippen LogP contribution is -2.41. The van der Waals surface area contributed by atoms with E-state index in [-0.39, 0.29) is 11.3 Å². The van der Waals surface area contributed by atoms with Gasteiger partial charge in [-0.05, 0) is 37.6 Å². The van der Waals surface area contributed by atoms with Gasteiger partial charge in [-0.3, -0.25) is 9.78 Å². The molecule has 3 aromatic rings. The summed E-state index contributed by atoms with van der Waals surface area (Å²) >= 11 is 0. The number of carbonyl (C=O) groups is 1. The Morgan fingerprint density at radius 2 is 2.03 bits per heavy atom. The van der Waals surface area contributed by atoms with Crippen molar-refractivity contribution >= 4 is 11.6 Å². The fourth-order valence-corrected chi connectivity index (χ4v) is 4.10. The van der Waals surface area contributed by atoms with E-state index in [0.29, 0.717) is 18.7 Å². The van der Waals surface area contributed by atoms with Crippen molar-refractivity contribution in [3.8, 4) is 16.9 Å². The van der Waals surface area contributed by atoms with Crippen LogP contribution in [0.15, 0.2) is 41.1 Å². The number of aromatic nitrogens is 2. The Kier molecular flexibility index (Phi) is 4.65. The minimum absolute atomic E-state index is 0.0836. The van der Waals surface area contributed by atoms with Crippen molar-refractivity contribution in [1.82, 2.24) is 10.1 Å². The van der Waals surface area contributed by atoms with Gasteiger partial charge in [0.2, 0.25) is 5.91 Å². The summed E-state index contributed by atoms with van der Waals surface area (Å²) in [5.74, 6) is 1.52. The molecule has 0 aliphatic carbocycles. The first-order chi connectivity index (χ1) is 13.8. The minimum Gasteiger partial charge on any atom is -0.496 e. The van der Waals surface area contributed by atoms with E-state index in [4.69, 9.17) is 9.26 Å². The molecule has 1 aliphatic heterocycles. The first-order valence-electron chi connectivity index (χ1n) is 9.68. The molecule has 0 saturated heterocycles. The fourth-order valence-electron chi connectivity index (χ4n) is 4.10. The van der Waals surface area contributed by atoms with Crippen molar-refractivity contribution in [2.75, 3.05) is 12.0 Å². The normalized spacial score (nSPS) is 15.3. The lowest BCUT2D eigenvalue weighted by atomic mass is 9.76. The zero-order valence-electron chi connectivity index (χ0n) is 17.4. The highest BCUT2D eigenvalue weighted by atomic mass is 16.5. The molecular formula is C23H25N3O3. The van der Waals surface area contributed by atoms with Gasteiger partial charge in [-0.15, -0.1) is 0 Å². The third kappa shape index (κ3) is 3.28. The average molecular weight is 391 g/mol. The maximum atomic E-state index is 13.0. The number of rotatable bonds is 4. The van der Waals surface area contributed by atoms with Gasteiger partial charge in [0.15, 0.2) is 0 Å². The van der Waals surface area contributed by atoms with Crippen LogP contribution in [0.3, 0.4) is 0 Å². The Bertz CT molecular complexity index is 1050. The molecular weight excluding hydrogens is 366 g/mol. The topological polar surface area (TPSA) is 68.5 Å². The predicted molar refractivity (Wildman–Crippen MR) is 111 cm³/mol. The van der Waals surface area contributed by atoms with Crippen LogP contribution in [-0.2, 0) is 16.8 Å². The van der Waals surface area contributed by atoms with Crippen molar-refractivity contribution < 1.29 is 14.1 Å². The van der Waals surface area contributed by atoms with E-state index >= 15 is 0 Å². The van der Waals surface area contributed by atoms with E-state index in [2.05, 4.69) is 30.1 Å². The quantitative estimate of drug-likeness (QED) is 0.651. The van der Waals surface area contributed by atoms with Gasteiger partial charge in [0, 0.05) is 29.7 Å². The monoisotopic (exact) mass is 391 g/mol. The first-order valence-corrected chi connectivity index (χ1v) is 9.68. The number of methoxy groups -OCH3 is 1. The number of carbonyl (C=O) groups excluding carboxylic acids is 1. The molecule has 0 N–H and O–H groups in total. The van der Waals surface area contributed by atoms with Crippen LogP contribution in [0.5, 0.6) is 5.75 Å². The van der Waals surface area contributed by atoms with Crippen LogP contribution in [0.1, 0.15) is 43.0 Å². The number of pyridine rings is 1. The van der Waals surface area contributed by atoms with Crippen LogP contribution in [-0.4, -0.2) is 23.2 Å². The molecule has 0 atom stereocenters. The summed E-state index contributed by atoms with van der Waals surface area (Å²) in [6.45, 7) is 8.45. The van der Waals surface area contributed by atoms with E-state index in [1.165, 1.54) is 0 Å². The number of ether oxygens (including phenoxy) is 1. The Morgan fingerprint density at radius 1 is 1.24 bits per heavy atom. The maximum Gasteiger partial charge on any atom is 0.228 e. The summed E-state index contributed by atoms with van der Waals surface area (Å²) in [5, 5.41) is 4.10. The van der Waals surface area contributed by atoms with Crippen LogP contribution in [0.4, 0.5) is 5.69 Å². The van der Waals surface area contributed by atoms with E-state index < -0.39 is 0 Å². The number of amides is 1. The van der Waals surface area contributed by atoms with E-state index in [0.717, 1.165) is 39.5 Å². The highest BCUT2D eigenvalue weighted by Gasteiger charge is 2.38. The smallest absolute Gasteiger partial charge is 0.228 e. The largest absolute Gasteiger partial charge is 0.496 e. The molecule has 3 heterocycles. The third-order valence-corrected chi connectivity index (χ3v) is 5.58. The van der Waals surface area contributed by atoms with Crippen LogP contribution < -0.4 is 9.64 Å². The third-order valence-electron chi connectivity index (χ3n) is 5.58. The van der Waals surface area contributed by atoms with Crippen molar-refractivity contribution in [2.24, 2.45) is 0 Å². The average Bonchev–Trinajstić information content (AvgIpc) is 3.03. The molecule has 0 bridgehead atoms. The molecule has 4 rings (SSSR count). The summed E-state index contributed by atoms with van der Waals surface area (Å²) < 4.78 is 11.1. The number of aryl methyl sites for hydroxylation is 2. The highest BCUT2D eigenvalue weighted by molar-refractivity contribution is 5.99. The summed E-state index contributed by atoms with van der Waals surface area (Å²) in [6, 6.07) is 9.82. The van der Waals surface area contributed by atoms with E-state index in [9.17, 15) is 4.79 Å². The second-order valence-electron chi connectivity index (χ2n) is 8.13. The highest BCUT2D eigenvalue weighted by Crippen LogP contribution is 2.47. The Labute approximate surface area is 170 Å². The summed E-state index contributed by atoms with van der Waals surface area (Å²) in [7, 11) is 1.64. The molecule has 0 radical (unpaired) electrons. The lowest BCUT2D eigenvalue weighted by molar-refractivity contribution is -0.120. The maximum absolute atomic E-state index is 13.0. The second kappa shape index (κ2) is 7.03. The molecule has 2 aromatic heterocycles. The molecule has 0 fully saturated rings. The van der Waals surface area contributed by atoms with Crippen LogP contribution in [0.2, 0.25) is 0 Å². The second-order valence-corrected chi connectivity index (χ2v) is 8.13. The molecule has 6 nitrogen and oxygen atoms in total. The molecule has 0 unspecified atom stereocenters. The molecule has 1 aromatic carbocycles. The molecule has 1 aliphatic rings. The van der Waals surface area contributed by atoms with Gasteiger partial charge in [-0.25, -0.2) is 0 Å².